The molecule has 1 saturated heterocycles. The predicted octanol–water partition coefficient (Wildman–Crippen LogP) is 2.21. The van der Waals surface area contributed by atoms with Gasteiger partial charge in [0.2, 0.25) is 14.8 Å². The van der Waals surface area contributed by atoms with Gasteiger partial charge in [0, 0.05) is 32.3 Å². The van der Waals surface area contributed by atoms with E-state index in [4.69, 9.17) is 5.11 Å². The van der Waals surface area contributed by atoms with Crippen molar-refractivity contribution in [1.82, 2.24) is 14.7 Å². The molecule has 1 aromatic heterocycles. The lowest BCUT2D eigenvalue weighted by molar-refractivity contribution is 0.0910. The van der Waals surface area contributed by atoms with Gasteiger partial charge in [-0.1, -0.05) is 0 Å². The third kappa shape index (κ3) is 3.08. The number of alkyl halides is 3. The van der Waals surface area contributed by atoms with Crippen LogP contribution in [-0.4, -0.2) is 52.4 Å². The molecule has 0 aliphatic carbocycles. The molecular formula is C13H18F3N3O4S. The number of hydrogen-bond donors (Lipinski definition) is 1. The molecule has 0 saturated carbocycles. The number of hydrogen-bond acceptors (Lipinski definition) is 4. The largest absolute Gasteiger partial charge is 0.465 e. The minimum atomic E-state index is -4.73. The molecule has 1 fully saturated rings. The van der Waals surface area contributed by atoms with Crippen LogP contribution in [0.15, 0.2) is 11.1 Å². The zero-order chi connectivity index (χ0) is 18.3. The maximum Gasteiger partial charge on any atom is 0.407 e. The van der Waals surface area contributed by atoms with Crippen LogP contribution in [-0.2, 0) is 16.9 Å². The van der Waals surface area contributed by atoms with Crippen molar-refractivity contribution >= 4 is 15.9 Å². The third-order valence-electron chi connectivity index (χ3n) is 4.34. The number of aromatic nitrogens is 2. The molecule has 1 aliphatic heterocycles. The fourth-order valence-corrected chi connectivity index (χ4v) is 4.66. The van der Waals surface area contributed by atoms with Gasteiger partial charge in [0.15, 0.2) is 0 Å². The van der Waals surface area contributed by atoms with Crippen molar-refractivity contribution in [2.75, 3.05) is 13.1 Å². The third-order valence-corrected chi connectivity index (χ3v) is 6.62. The van der Waals surface area contributed by atoms with Crippen LogP contribution < -0.4 is 0 Å². The van der Waals surface area contributed by atoms with E-state index in [1.807, 2.05) is 0 Å². The number of amides is 1. The van der Waals surface area contributed by atoms with Gasteiger partial charge >= 0.3 is 6.09 Å². The topological polar surface area (TPSA) is 92.5 Å². The fraction of sp³-hybridized carbons (Fsp3) is 0.692. The number of halogens is 3. The van der Waals surface area contributed by atoms with Crippen molar-refractivity contribution in [2.24, 2.45) is 13.0 Å². The number of sulfone groups is 1. The summed E-state index contributed by atoms with van der Waals surface area (Å²) in [5.41, 5.74) is -0.982. The molecule has 1 aromatic rings. The van der Waals surface area contributed by atoms with Crippen molar-refractivity contribution in [1.29, 1.82) is 0 Å². The second-order valence-electron chi connectivity index (χ2n) is 5.89. The van der Waals surface area contributed by atoms with Crippen molar-refractivity contribution in [3.8, 4) is 0 Å². The Kier molecular flexibility index (Phi) is 4.84. The summed E-state index contributed by atoms with van der Waals surface area (Å²) in [6.45, 7) is 0.819. The summed E-state index contributed by atoms with van der Waals surface area (Å²) in [6.07, 6.45) is -3.48. The molecule has 0 bridgehead atoms. The second kappa shape index (κ2) is 6.26. The Hall–Kier alpha value is -1.78. The molecule has 0 spiro atoms. The lowest BCUT2D eigenvalue weighted by Gasteiger charge is -2.36. The molecular weight excluding hydrogens is 351 g/mol. The highest BCUT2D eigenvalue weighted by Crippen LogP contribution is 2.41. The van der Waals surface area contributed by atoms with Gasteiger partial charge in [0.1, 0.15) is 10.6 Å². The summed E-state index contributed by atoms with van der Waals surface area (Å²) in [6, 6.07) is 0. The molecule has 2 heterocycles. The summed E-state index contributed by atoms with van der Waals surface area (Å²) in [5.74, 6) is -0.996. The SMILES string of the molecule is Cn1cc(S(=O)(=O)[C@@](C)(F)C2CCN(C(=O)O)CC2)c(C(F)F)n1. The van der Waals surface area contributed by atoms with Crippen molar-refractivity contribution in [2.45, 2.75) is 36.1 Å². The van der Waals surface area contributed by atoms with Crippen LogP contribution in [0, 0.1) is 5.92 Å². The monoisotopic (exact) mass is 369 g/mol. The summed E-state index contributed by atoms with van der Waals surface area (Å²) < 4.78 is 67.3. The maximum atomic E-state index is 15.2. The average Bonchev–Trinajstić information content (AvgIpc) is 2.90. The first-order valence-corrected chi connectivity index (χ1v) is 8.70. The van der Waals surface area contributed by atoms with E-state index in [1.165, 1.54) is 7.05 Å². The fourth-order valence-electron chi connectivity index (χ4n) is 2.86. The van der Waals surface area contributed by atoms with E-state index in [0.717, 1.165) is 22.7 Å². The first kappa shape index (κ1) is 18.6. The van der Waals surface area contributed by atoms with E-state index in [1.54, 1.807) is 0 Å². The Morgan fingerprint density at radius 2 is 1.96 bits per heavy atom. The van der Waals surface area contributed by atoms with E-state index in [0.29, 0.717) is 0 Å². The summed E-state index contributed by atoms with van der Waals surface area (Å²) in [5, 5.41) is 9.49. The molecule has 0 aromatic carbocycles. The number of aryl methyl sites for hydroxylation is 1. The highest BCUT2D eigenvalue weighted by molar-refractivity contribution is 7.92. The highest BCUT2D eigenvalue weighted by atomic mass is 32.2. The number of rotatable bonds is 4. The zero-order valence-electron chi connectivity index (χ0n) is 13.1. The Morgan fingerprint density at radius 3 is 2.42 bits per heavy atom. The normalized spacial score (nSPS) is 19.5. The molecule has 0 radical (unpaired) electrons. The van der Waals surface area contributed by atoms with Crippen molar-refractivity contribution < 1.29 is 31.5 Å². The molecule has 7 nitrogen and oxygen atoms in total. The van der Waals surface area contributed by atoms with E-state index >= 15 is 4.39 Å². The van der Waals surface area contributed by atoms with Crippen LogP contribution in [0.3, 0.4) is 0 Å². The molecule has 2 rings (SSSR count). The van der Waals surface area contributed by atoms with Gasteiger partial charge in [-0.2, -0.15) is 5.10 Å². The molecule has 11 heteroatoms. The van der Waals surface area contributed by atoms with E-state index in [9.17, 15) is 22.0 Å². The van der Waals surface area contributed by atoms with Gasteiger partial charge in [-0.25, -0.2) is 26.4 Å². The molecule has 24 heavy (non-hydrogen) atoms. The predicted molar refractivity (Wildman–Crippen MR) is 77.2 cm³/mol. The van der Waals surface area contributed by atoms with Crippen LogP contribution in [0.2, 0.25) is 0 Å². The van der Waals surface area contributed by atoms with Gasteiger partial charge in [-0.15, -0.1) is 0 Å². The Morgan fingerprint density at radius 1 is 1.42 bits per heavy atom. The van der Waals surface area contributed by atoms with Crippen LogP contribution in [0.25, 0.3) is 0 Å². The molecule has 1 N–H and O–H groups in total. The summed E-state index contributed by atoms with van der Waals surface area (Å²) in [4.78, 5) is 11.1. The Bertz CT molecular complexity index is 725. The summed E-state index contributed by atoms with van der Waals surface area (Å²) in [7, 11) is -3.46. The van der Waals surface area contributed by atoms with Gasteiger partial charge in [0.25, 0.3) is 6.43 Å². The maximum absolute atomic E-state index is 15.2. The van der Waals surface area contributed by atoms with Crippen molar-refractivity contribution in [3.05, 3.63) is 11.9 Å². The Labute approximate surface area is 137 Å². The minimum Gasteiger partial charge on any atom is -0.465 e. The van der Waals surface area contributed by atoms with Crippen LogP contribution in [0.5, 0.6) is 0 Å². The van der Waals surface area contributed by atoms with Gasteiger partial charge in [-0.05, 0) is 19.8 Å². The Balaban J connectivity index is 2.33. The van der Waals surface area contributed by atoms with Crippen LogP contribution in [0.4, 0.5) is 18.0 Å². The molecule has 1 aliphatic rings. The molecule has 1 amide bonds. The molecule has 0 unspecified atom stereocenters. The molecule has 136 valence electrons. The first-order valence-electron chi connectivity index (χ1n) is 7.21. The van der Waals surface area contributed by atoms with E-state index in [-0.39, 0.29) is 25.9 Å². The number of carbonyl (C=O) groups is 1. The molecule has 1 atom stereocenters. The quantitative estimate of drug-likeness (QED) is 0.878. The second-order valence-corrected chi connectivity index (χ2v) is 8.13. The van der Waals surface area contributed by atoms with Crippen LogP contribution >= 0.6 is 0 Å². The van der Waals surface area contributed by atoms with E-state index < -0.39 is 43.9 Å². The number of likely N-dealkylation sites (tertiary alicyclic amines) is 1. The number of carboxylic acid groups (broad SMARTS) is 1. The summed E-state index contributed by atoms with van der Waals surface area (Å²) >= 11 is 0. The highest BCUT2D eigenvalue weighted by Gasteiger charge is 2.50. The van der Waals surface area contributed by atoms with Gasteiger partial charge in [0.05, 0.1) is 0 Å². The van der Waals surface area contributed by atoms with Gasteiger partial charge < -0.3 is 10.0 Å². The standard InChI is InChI=1S/C13H18F3N3O4S/c1-13(16,8-3-5-19(6-4-8)12(20)21)24(22,23)9-7-18(2)17-10(9)11(14)15/h7-8,11H,3-6H2,1-2H3,(H,20,21)/t13-/m1/s1. The van der Waals surface area contributed by atoms with Crippen LogP contribution in [0.1, 0.15) is 31.9 Å². The van der Waals surface area contributed by atoms with E-state index in [2.05, 4.69) is 5.10 Å². The minimum absolute atomic E-state index is 0.0101. The average molecular weight is 369 g/mol. The lowest BCUT2D eigenvalue weighted by atomic mass is 9.92. The lowest BCUT2D eigenvalue weighted by Crippen LogP contribution is -2.46. The zero-order valence-corrected chi connectivity index (χ0v) is 13.9. The first-order chi connectivity index (χ1) is 11.0. The number of nitrogens with zero attached hydrogens (tertiary/aromatic N) is 3. The van der Waals surface area contributed by atoms with Gasteiger partial charge in [-0.3, -0.25) is 4.68 Å². The smallest absolute Gasteiger partial charge is 0.407 e. The number of piperidine rings is 1. The van der Waals surface area contributed by atoms with Crippen molar-refractivity contribution in [3.63, 3.8) is 0 Å².